The Kier molecular flexibility index (Phi) is 4.22. The molecular formula is C10H18O3. The van der Waals surface area contributed by atoms with Crippen LogP contribution in [-0.2, 0) is 9.53 Å². The van der Waals surface area contributed by atoms with E-state index >= 15 is 0 Å². The summed E-state index contributed by atoms with van der Waals surface area (Å²) in [5.74, 6) is -0.136. The number of hydrogen-bond acceptors (Lipinski definition) is 2. The third kappa shape index (κ3) is 3.35. The number of rotatable bonds is 4. The summed E-state index contributed by atoms with van der Waals surface area (Å²) < 4.78 is 5.32. The van der Waals surface area contributed by atoms with Crippen molar-refractivity contribution in [3.8, 4) is 0 Å². The number of carbonyl (C=O) groups is 1. The van der Waals surface area contributed by atoms with Gasteiger partial charge in [-0.05, 0) is 38.5 Å². The Labute approximate surface area is 79.1 Å². The van der Waals surface area contributed by atoms with Crippen molar-refractivity contribution < 1.29 is 14.6 Å². The quantitative estimate of drug-likeness (QED) is 0.729. The van der Waals surface area contributed by atoms with Gasteiger partial charge in [0, 0.05) is 13.2 Å². The van der Waals surface area contributed by atoms with E-state index in [1.165, 1.54) is 0 Å². The lowest BCUT2D eigenvalue weighted by Crippen LogP contribution is -2.23. The fourth-order valence-corrected chi connectivity index (χ4v) is 1.86. The van der Waals surface area contributed by atoms with E-state index in [9.17, 15) is 4.79 Å². The van der Waals surface area contributed by atoms with Crippen LogP contribution in [0.25, 0.3) is 0 Å². The molecule has 0 heterocycles. The fourth-order valence-electron chi connectivity index (χ4n) is 1.86. The molecule has 0 atom stereocenters. The third-order valence-corrected chi connectivity index (χ3v) is 2.75. The molecule has 76 valence electrons. The molecular weight excluding hydrogens is 168 g/mol. The molecule has 0 spiro atoms. The summed E-state index contributed by atoms with van der Waals surface area (Å²) in [6.45, 7) is 3.56. The van der Waals surface area contributed by atoms with Crippen LogP contribution in [0.15, 0.2) is 0 Å². The van der Waals surface area contributed by atoms with Crippen molar-refractivity contribution in [2.24, 2.45) is 11.8 Å². The first-order chi connectivity index (χ1) is 6.24. The van der Waals surface area contributed by atoms with Gasteiger partial charge in [0.2, 0.25) is 0 Å². The van der Waals surface area contributed by atoms with Gasteiger partial charge < -0.3 is 9.84 Å². The second kappa shape index (κ2) is 5.22. The summed E-state index contributed by atoms with van der Waals surface area (Å²) in [5, 5.41) is 8.77. The van der Waals surface area contributed by atoms with Crippen molar-refractivity contribution >= 4 is 5.97 Å². The summed E-state index contributed by atoms with van der Waals surface area (Å²) in [6.07, 6.45) is 3.67. The lowest BCUT2D eigenvalue weighted by Gasteiger charge is -2.25. The van der Waals surface area contributed by atoms with Crippen molar-refractivity contribution in [3.63, 3.8) is 0 Å². The van der Waals surface area contributed by atoms with Crippen molar-refractivity contribution in [3.05, 3.63) is 0 Å². The van der Waals surface area contributed by atoms with Gasteiger partial charge in [-0.3, -0.25) is 4.79 Å². The molecule has 0 aromatic heterocycles. The SMILES string of the molecule is CCOC[C@H]1CC[C@H](C(=O)O)CC1. The molecule has 3 heteroatoms. The molecule has 0 aromatic rings. The van der Waals surface area contributed by atoms with Gasteiger partial charge in [-0.1, -0.05) is 0 Å². The number of hydrogen-bond donors (Lipinski definition) is 1. The smallest absolute Gasteiger partial charge is 0.306 e. The fraction of sp³-hybridized carbons (Fsp3) is 0.900. The zero-order valence-corrected chi connectivity index (χ0v) is 8.16. The van der Waals surface area contributed by atoms with Gasteiger partial charge >= 0.3 is 5.97 Å². The molecule has 1 saturated carbocycles. The van der Waals surface area contributed by atoms with Crippen LogP contribution in [0.3, 0.4) is 0 Å². The van der Waals surface area contributed by atoms with E-state index in [0.717, 1.165) is 38.9 Å². The van der Waals surface area contributed by atoms with Crippen LogP contribution >= 0.6 is 0 Å². The van der Waals surface area contributed by atoms with E-state index in [0.29, 0.717) is 5.92 Å². The predicted molar refractivity (Wildman–Crippen MR) is 49.6 cm³/mol. The van der Waals surface area contributed by atoms with E-state index in [2.05, 4.69) is 0 Å². The van der Waals surface area contributed by atoms with Crippen molar-refractivity contribution in [2.75, 3.05) is 13.2 Å². The highest BCUT2D eigenvalue weighted by Crippen LogP contribution is 2.28. The second-order valence-electron chi connectivity index (χ2n) is 3.72. The Morgan fingerprint density at radius 1 is 1.38 bits per heavy atom. The summed E-state index contributed by atoms with van der Waals surface area (Å²) >= 11 is 0. The highest BCUT2D eigenvalue weighted by Gasteiger charge is 2.25. The molecule has 0 bridgehead atoms. The molecule has 0 aromatic carbocycles. The Bertz CT molecular complexity index is 160. The molecule has 0 aliphatic heterocycles. The van der Waals surface area contributed by atoms with E-state index < -0.39 is 5.97 Å². The van der Waals surface area contributed by atoms with Gasteiger partial charge in [-0.2, -0.15) is 0 Å². The van der Waals surface area contributed by atoms with Crippen LogP contribution in [0.2, 0.25) is 0 Å². The standard InChI is InChI=1S/C10H18O3/c1-2-13-7-8-3-5-9(6-4-8)10(11)12/h8-9H,2-7H2,1H3,(H,11,12)/t8-,9-. The monoisotopic (exact) mass is 186 g/mol. The number of aliphatic carboxylic acids is 1. The highest BCUT2D eigenvalue weighted by molar-refractivity contribution is 5.69. The minimum atomic E-state index is -0.630. The molecule has 1 fully saturated rings. The van der Waals surface area contributed by atoms with Gasteiger partial charge in [0.05, 0.1) is 5.92 Å². The first-order valence-corrected chi connectivity index (χ1v) is 5.04. The van der Waals surface area contributed by atoms with Crippen LogP contribution in [0, 0.1) is 11.8 Å². The van der Waals surface area contributed by atoms with Crippen LogP contribution in [0.5, 0.6) is 0 Å². The van der Waals surface area contributed by atoms with E-state index in [1.54, 1.807) is 0 Å². The van der Waals surface area contributed by atoms with Crippen LogP contribution in [0.4, 0.5) is 0 Å². The predicted octanol–water partition coefficient (Wildman–Crippen LogP) is 1.91. The first kappa shape index (κ1) is 10.5. The van der Waals surface area contributed by atoms with Gasteiger partial charge in [-0.25, -0.2) is 0 Å². The zero-order valence-electron chi connectivity index (χ0n) is 8.16. The van der Waals surface area contributed by atoms with Crippen molar-refractivity contribution in [1.29, 1.82) is 0 Å². The molecule has 0 amide bonds. The van der Waals surface area contributed by atoms with Crippen LogP contribution in [0.1, 0.15) is 32.6 Å². The molecule has 13 heavy (non-hydrogen) atoms. The molecule has 1 aliphatic rings. The van der Waals surface area contributed by atoms with Gasteiger partial charge in [-0.15, -0.1) is 0 Å². The summed E-state index contributed by atoms with van der Waals surface area (Å²) in [4.78, 5) is 10.6. The van der Waals surface area contributed by atoms with E-state index in [1.807, 2.05) is 6.92 Å². The minimum absolute atomic E-state index is 0.0992. The van der Waals surface area contributed by atoms with Gasteiger partial charge in [0.25, 0.3) is 0 Å². The van der Waals surface area contributed by atoms with Crippen LogP contribution in [-0.4, -0.2) is 24.3 Å². The zero-order chi connectivity index (χ0) is 9.68. The average Bonchev–Trinajstić information content (AvgIpc) is 2.15. The normalized spacial score (nSPS) is 28.7. The van der Waals surface area contributed by atoms with Crippen LogP contribution < -0.4 is 0 Å². The minimum Gasteiger partial charge on any atom is -0.481 e. The van der Waals surface area contributed by atoms with Crippen molar-refractivity contribution in [1.82, 2.24) is 0 Å². The highest BCUT2D eigenvalue weighted by atomic mass is 16.5. The maximum absolute atomic E-state index is 10.6. The average molecular weight is 186 g/mol. The topological polar surface area (TPSA) is 46.5 Å². The molecule has 1 rings (SSSR count). The first-order valence-electron chi connectivity index (χ1n) is 5.04. The van der Waals surface area contributed by atoms with E-state index in [-0.39, 0.29) is 5.92 Å². The Morgan fingerprint density at radius 2 is 2.00 bits per heavy atom. The number of carboxylic acids is 1. The summed E-state index contributed by atoms with van der Waals surface area (Å²) in [7, 11) is 0. The summed E-state index contributed by atoms with van der Waals surface area (Å²) in [6, 6.07) is 0. The van der Waals surface area contributed by atoms with E-state index in [4.69, 9.17) is 9.84 Å². The molecule has 0 unspecified atom stereocenters. The molecule has 0 saturated heterocycles. The molecule has 1 N–H and O–H groups in total. The molecule has 3 nitrogen and oxygen atoms in total. The maximum atomic E-state index is 10.6. The van der Waals surface area contributed by atoms with Gasteiger partial charge in [0.1, 0.15) is 0 Å². The second-order valence-corrected chi connectivity index (χ2v) is 3.72. The lowest BCUT2D eigenvalue weighted by atomic mass is 9.82. The Balaban J connectivity index is 2.18. The Hall–Kier alpha value is -0.570. The molecule has 0 radical (unpaired) electrons. The van der Waals surface area contributed by atoms with Crippen molar-refractivity contribution in [2.45, 2.75) is 32.6 Å². The number of ether oxygens (including phenoxy) is 1. The summed E-state index contributed by atoms with van der Waals surface area (Å²) in [5.41, 5.74) is 0. The maximum Gasteiger partial charge on any atom is 0.306 e. The lowest BCUT2D eigenvalue weighted by molar-refractivity contribution is -0.143. The molecule has 1 aliphatic carbocycles. The third-order valence-electron chi connectivity index (χ3n) is 2.75. The van der Waals surface area contributed by atoms with Gasteiger partial charge in [0.15, 0.2) is 0 Å². The largest absolute Gasteiger partial charge is 0.481 e. The number of carboxylic acid groups (broad SMARTS) is 1. The Morgan fingerprint density at radius 3 is 2.46 bits per heavy atom.